The van der Waals surface area contributed by atoms with Gasteiger partial charge in [0.1, 0.15) is 11.9 Å². The fourth-order valence-electron chi connectivity index (χ4n) is 3.36. The number of nitrogens with one attached hydrogen (secondary N) is 1. The van der Waals surface area contributed by atoms with E-state index in [1.807, 2.05) is 84.9 Å². The number of anilines is 1. The lowest BCUT2D eigenvalue weighted by molar-refractivity contribution is -0.139. The number of carboxylic acid groups (broad SMARTS) is 1. The summed E-state index contributed by atoms with van der Waals surface area (Å²) in [5, 5.41) is 17.2. The number of ether oxygens (including phenoxy) is 1. The lowest BCUT2D eigenvalue weighted by Crippen LogP contribution is -2.42. The van der Waals surface area contributed by atoms with Crippen LogP contribution in [-0.4, -0.2) is 23.2 Å². The third kappa shape index (κ3) is 3.76. The van der Waals surface area contributed by atoms with E-state index in [2.05, 4.69) is 5.32 Å². The Morgan fingerprint density at radius 2 is 1.39 bits per heavy atom. The largest absolute Gasteiger partial charge is 0.488 e. The minimum Gasteiger partial charge on any atom is -0.488 e. The van der Waals surface area contributed by atoms with Gasteiger partial charge in [-0.2, -0.15) is 0 Å². The maximum absolute atomic E-state index is 11.9. The fraction of sp³-hybridized carbons (Fsp3) is 0.125. The SMILES string of the molecule is CC(Oc1ccc2ccccc2c1)C(Nc1ccc2ccccc2c1)C(=O)O. The van der Waals surface area contributed by atoms with Crippen molar-refractivity contribution in [1.82, 2.24) is 0 Å². The molecule has 4 rings (SSSR count). The van der Waals surface area contributed by atoms with E-state index < -0.39 is 18.1 Å². The summed E-state index contributed by atoms with van der Waals surface area (Å²) in [6.07, 6.45) is -0.565. The van der Waals surface area contributed by atoms with E-state index in [0.29, 0.717) is 5.75 Å². The maximum Gasteiger partial charge on any atom is 0.330 e. The molecule has 4 aromatic carbocycles. The Morgan fingerprint density at radius 3 is 2.04 bits per heavy atom. The molecule has 2 atom stereocenters. The van der Waals surface area contributed by atoms with Crippen LogP contribution in [0.15, 0.2) is 84.9 Å². The Labute approximate surface area is 163 Å². The quantitative estimate of drug-likeness (QED) is 0.481. The van der Waals surface area contributed by atoms with Crippen molar-refractivity contribution in [3.8, 4) is 5.75 Å². The molecule has 0 aliphatic carbocycles. The fourth-order valence-corrected chi connectivity index (χ4v) is 3.36. The van der Waals surface area contributed by atoms with Crippen LogP contribution in [0, 0.1) is 0 Å². The maximum atomic E-state index is 11.9. The number of carboxylic acids is 1. The first-order valence-corrected chi connectivity index (χ1v) is 9.24. The Hall–Kier alpha value is -3.53. The molecule has 0 bridgehead atoms. The molecule has 0 saturated heterocycles. The molecule has 4 heteroatoms. The molecule has 0 radical (unpaired) electrons. The van der Waals surface area contributed by atoms with Crippen LogP contribution >= 0.6 is 0 Å². The van der Waals surface area contributed by atoms with Crippen LogP contribution in [0.25, 0.3) is 21.5 Å². The van der Waals surface area contributed by atoms with Crippen LogP contribution < -0.4 is 10.1 Å². The van der Waals surface area contributed by atoms with Gasteiger partial charge in [0.2, 0.25) is 0 Å². The van der Waals surface area contributed by atoms with Gasteiger partial charge in [-0.25, -0.2) is 4.79 Å². The van der Waals surface area contributed by atoms with Crippen molar-refractivity contribution in [3.63, 3.8) is 0 Å². The molecule has 0 aliphatic rings. The molecule has 0 spiro atoms. The summed E-state index contributed by atoms with van der Waals surface area (Å²) in [5.74, 6) is -0.306. The Kier molecular flexibility index (Phi) is 4.85. The van der Waals surface area contributed by atoms with Crippen molar-refractivity contribution >= 4 is 33.2 Å². The predicted octanol–water partition coefficient (Wildman–Crippen LogP) is 5.33. The highest BCUT2D eigenvalue weighted by Crippen LogP contribution is 2.24. The van der Waals surface area contributed by atoms with Gasteiger partial charge < -0.3 is 15.2 Å². The summed E-state index contributed by atoms with van der Waals surface area (Å²) in [5.41, 5.74) is 0.750. The molecule has 0 aromatic heterocycles. The number of benzene rings is 4. The molecule has 4 aromatic rings. The van der Waals surface area contributed by atoms with Gasteiger partial charge in [-0.3, -0.25) is 0 Å². The summed E-state index contributed by atoms with van der Waals surface area (Å²) >= 11 is 0. The van der Waals surface area contributed by atoms with E-state index in [9.17, 15) is 9.90 Å². The first-order valence-electron chi connectivity index (χ1n) is 9.24. The molecule has 0 fully saturated rings. The molecule has 0 heterocycles. The zero-order valence-corrected chi connectivity index (χ0v) is 15.5. The van der Waals surface area contributed by atoms with E-state index >= 15 is 0 Å². The topological polar surface area (TPSA) is 58.6 Å². The zero-order valence-electron chi connectivity index (χ0n) is 15.5. The van der Waals surface area contributed by atoms with Gasteiger partial charge in [0.25, 0.3) is 0 Å². The summed E-state index contributed by atoms with van der Waals surface area (Å²) in [4.78, 5) is 11.9. The minimum absolute atomic E-state index is 0.565. The molecular formula is C24H21NO3. The number of rotatable bonds is 6. The van der Waals surface area contributed by atoms with Gasteiger partial charge in [-0.1, -0.05) is 60.7 Å². The second-order valence-corrected chi connectivity index (χ2v) is 6.85. The standard InChI is InChI=1S/C24H21NO3/c1-16(28-22-13-11-18-7-3-5-9-20(18)15-22)23(24(26)27)25-21-12-10-17-6-2-4-8-19(17)14-21/h2-16,23,25H,1H3,(H,26,27). The van der Waals surface area contributed by atoms with Crippen LogP contribution in [0.4, 0.5) is 5.69 Å². The molecule has 2 N–H and O–H groups in total. The van der Waals surface area contributed by atoms with Crippen molar-refractivity contribution in [2.45, 2.75) is 19.1 Å². The lowest BCUT2D eigenvalue weighted by atomic mass is 10.1. The molecule has 140 valence electrons. The first-order chi connectivity index (χ1) is 13.6. The van der Waals surface area contributed by atoms with Crippen LogP contribution in [0.2, 0.25) is 0 Å². The molecular weight excluding hydrogens is 350 g/mol. The van der Waals surface area contributed by atoms with Crippen LogP contribution in [0.5, 0.6) is 5.75 Å². The number of aliphatic carboxylic acids is 1. The van der Waals surface area contributed by atoms with E-state index in [1.165, 1.54) is 0 Å². The van der Waals surface area contributed by atoms with Gasteiger partial charge in [0.15, 0.2) is 6.04 Å². The molecule has 0 aliphatic heterocycles. The third-order valence-corrected chi connectivity index (χ3v) is 4.85. The van der Waals surface area contributed by atoms with E-state index in [-0.39, 0.29) is 0 Å². The zero-order chi connectivity index (χ0) is 19.5. The Morgan fingerprint density at radius 1 is 0.821 bits per heavy atom. The van der Waals surface area contributed by atoms with Crippen LogP contribution in [0.1, 0.15) is 6.92 Å². The Bertz CT molecular complexity index is 1140. The average Bonchev–Trinajstić information content (AvgIpc) is 2.71. The van der Waals surface area contributed by atoms with Crippen LogP contribution in [0.3, 0.4) is 0 Å². The van der Waals surface area contributed by atoms with Crippen molar-refractivity contribution < 1.29 is 14.6 Å². The van der Waals surface area contributed by atoms with Gasteiger partial charge in [-0.15, -0.1) is 0 Å². The second kappa shape index (κ2) is 7.61. The monoisotopic (exact) mass is 371 g/mol. The van der Waals surface area contributed by atoms with Gasteiger partial charge in [0.05, 0.1) is 0 Å². The summed E-state index contributed by atoms with van der Waals surface area (Å²) in [6.45, 7) is 1.77. The number of fused-ring (bicyclic) bond motifs is 2. The molecule has 28 heavy (non-hydrogen) atoms. The number of carbonyl (C=O) groups is 1. The second-order valence-electron chi connectivity index (χ2n) is 6.85. The number of hydrogen-bond acceptors (Lipinski definition) is 3. The summed E-state index contributed by atoms with van der Waals surface area (Å²) in [6, 6.07) is 26.7. The van der Waals surface area contributed by atoms with Crippen molar-refractivity contribution in [2.24, 2.45) is 0 Å². The molecule has 2 unspecified atom stereocenters. The molecule has 0 saturated carbocycles. The van der Waals surface area contributed by atoms with E-state index in [0.717, 1.165) is 27.2 Å². The van der Waals surface area contributed by atoms with E-state index in [1.54, 1.807) is 6.92 Å². The smallest absolute Gasteiger partial charge is 0.330 e. The van der Waals surface area contributed by atoms with Gasteiger partial charge >= 0.3 is 5.97 Å². The normalized spacial score (nSPS) is 13.2. The van der Waals surface area contributed by atoms with Crippen molar-refractivity contribution in [1.29, 1.82) is 0 Å². The number of hydrogen-bond donors (Lipinski definition) is 2. The van der Waals surface area contributed by atoms with Crippen LogP contribution in [-0.2, 0) is 4.79 Å². The predicted molar refractivity (Wildman–Crippen MR) is 113 cm³/mol. The Balaban J connectivity index is 1.54. The van der Waals surface area contributed by atoms with Crippen molar-refractivity contribution in [2.75, 3.05) is 5.32 Å². The van der Waals surface area contributed by atoms with E-state index in [4.69, 9.17) is 4.74 Å². The molecule has 4 nitrogen and oxygen atoms in total. The highest BCUT2D eigenvalue weighted by molar-refractivity contribution is 5.87. The first kappa shape index (κ1) is 17.9. The molecule has 0 amide bonds. The highest BCUT2D eigenvalue weighted by Gasteiger charge is 2.26. The third-order valence-electron chi connectivity index (χ3n) is 4.85. The van der Waals surface area contributed by atoms with Crippen molar-refractivity contribution in [3.05, 3.63) is 84.9 Å². The van der Waals surface area contributed by atoms with Gasteiger partial charge in [0, 0.05) is 5.69 Å². The lowest BCUT2D eigenvalue weighted by Gasteiger charge is -2.24. The summed E-state index contributed by atoms with van der Waals surface area (Å²) in [7, 11) is 0. The average molecular weight is 371 g/mol. The minimum atomic E-state index is -0.957. The van der Waals surface area contributed by atoms with Gasteiger partial charge in [-0.05, 0) is 52.7 Å². The highest BCUT2D eigenvalue weighted by atomic mass is 16.5. The summed E-state index contributed by atoms with van der Waals surface area (Å²) < 4.78 is 5.96.